The molecule has 110 valence electrons. The summed E-state index contributed by atoms with van der Waals surface area (Å²) in [5, 5.41) is 6.91. The summed E-state index contributed by atoms with van der Waals surface area (Å²) < 4.78 is 24.4. The van der Waals surface area contributed by atoms with Crippen LogP contribution in [-0.2, 0) is 9.84 Å². The summed E-state index contributed by atoms with van der Waals surface area (Å²) >= 11 is 1.65. The lowest BCUT2D eigenvalue weighted by Crippen LogP contribution is -2.48. The number of pyridine rings is 1. The standard InChI is InChI=1S/C12H18N4O2S2/c1-2-20(17,18)11-8-19-6-5-16(11)9-3-4-15-10(7-9)12(13)14/h3-4,7,11H,2,5-6,8H2,1H3,(H3,13,14). The molecule has 0 bridgehead atoms. The van der Waals surface area contributed by atoms with E-state index >= 15 is 0 Å². The van der Waals surface area contributed by atoms with Crippen molar-refractivity contribution in [3.05, 3.63) is 24.0 Å². The van der Waals surface area contributed by atoms with Crippen molar-refractivity contribution in [2.24, 2.45) is 5.73 Å². The first-order chi connectivity index (χ1) is 9.45. The highest BCUT2D eigenvalue weighted by molar-refractivity contribution is 8.01. The lowest BCUT2D eigenvalue weighted by atomic mass is 10.2. The van der Waals surface area contributed by atoms with Gasteiger partial charge in [0.15, 0.2) is 9.84 Å². The summed E-state index contributed by atoms with van der Waals surface area (Å²) in [5.74, 6) is 1.45. The number of sulfone groups is 1. The Morgan fingerprint density at radius 2 is 2.40 bits per heavy atom. The zero-order valence-electron chi connectivity index (χ0n) is 11.2. The number of nitrogens with zero attached hydrogens (tertiary/aromatic N) is 2. The summed E-state index contributed by atoms with van der Waals surface area (Å²) in [6.07, 6.45) is 1.56. The van der Waals surface area contributed by atoms with Gasteiger partial charge in [-0.3, -0.25) is 10.4 Å². The van der Waals surface area contributed by atoms with Crippen LogP contribution in [0.15, 0.2) is 18.3 Å². The maximum atomic E-state index is 12.2. The molecule has 20 heavy (non-hydrogen) atoms. The van der Waals surface area contributed by atoms with E-state index in [9.17, 15) is 8.42 Å². The molecule has 0 aromatic carbocycles. The quantitative estimate of drug-likeness (QED) is 0.626. The Bertz CT molecular complexity index is 603. The fourth-order valence-electron chi connectivity index (χ4n) is 2.11. The molecule has 8 heteroatoms. The third kappa shape index (κ3) is 3.06. The number of hydrogen-bond donors (Lipinski definition) is 2. The maximum absolute atomic E-state index is 12.2. The van der Waals surface area contributed by atoms with Crippen LogP contribution < -0.4 is 10.6 Å². The van der Waals surface area contributed by atoms with Crippen molar-refractivity contribution >= 4 is 33.1 Å². The van der Waals surface area contributed by atoms with Gasteiger partial charge < -0.3 is 10.6 Å². The number of nitrogens with one attached hydrogen (secondary N) is 1. The molecule has 0 spiro atoms. The molecule has 1 aliphatic rings. The van der Waals surface area contributed by atoms with Crippen molar-refractivity contribution in [2.75, 3.05) is 28.7 Å². The number of nitrogens with two attached hydrogens (primary N) is 1. The topological polar surface area (TPSA) is 100 Å². The third-order valence-corrected chi connectivity index (χ3v) is 6.54. The Balaban J connectivity index is 2.38. The molecule has 1 fully saturated rings. The summed E-state index contributed by atoms with van der Waals surface area (Å²) in [7, 11) is -3.15. The van der Waals surface area contributed by atoms with Crippen LogP contribution in [0.4, 0.5) is 5.69 Å². The number of hydrogen-bond acceptors (Lipinski definition) is 6. The first-order valence-electron chi connectivity index (χ1n) is 6.32. The van der Waals surface area contributed by atoms with Crippen LogP contribution in [-0.4, -0.2) is 48.4 Å². The van der Waals surface area contributed by atoms with Crippen molar-refractivity contribution in [1.29, 1.82) is 5.41 Å². The normalized spacial score (nSPS) is 19.9. The molecule has 3 N–H and O–H groups in total. The largest absolute Gasteiger partial charge is 0.382 e. The Labute approximate surface area is 123 Å². The van der Waals surface area contributed by atoms with Crippen LogP contribution in [0.3, 0.4) is 0 Å². The SMILES string of the molecule is CCS(=O)(=O)C1CSCCN1c1ccnc(C(=N)N)c1. The number of thioether (sulfide) groups is 1. The fraction of sp³-hybridized carbons (Fsp3) is 0.500. The number of anilines is 1. The van der Waals surface area contributed by atoms with Gasteiger partial charge in [-0.2, -0.15) is 11.8 Å². The van der Waals surface area contributed by atoms with Gasteiger partial charge in [0.25, 0.3) is 0 Å². The molecule has 1 aliphatic heterocycles. The molecule has 2 heterocycles. The third-order valence-electron chi connectivity index (χ3n) is 3.25. The predicted molar refractivity (Wildman–Crippen MR) is 83.2 cm³/mol. The minimum atomic E-state index is -3.15. The van der Waals surface area contributed by atoms with Crippen LogP contribution in [0.2, 0.25) is 0 Å². The molecule has 1 atom stereocenters. The fourth-order valence-corrected chi connectivity index (χ4v) is 5.10. The monoisotopic (exact) mass is 314 g/mol. The summed E-state index contributed by atoms with van der Waals surface area (Å²) in [6, 6.07) is 3.44. The highest BCUT2D eigenvalue weighted by atomic mass is 32.2. The highest BCUT2D eigenvalue weighted by Crippen LogP contribution is 2.27. The second-order valence-corrected chi connectivity index (χ2v) is 8.08. The maximum Gasteiger partial charge on any atom is 0.171 e. The average molecular weight is 314 g/mol. The Kier molecular flexibility index (Phi) is 4.54. The van der Waals surface area contributed by atoms with E-state index in [1.54, 1.807) is 37.0 Å². The van der Waals surface area contributed by atoms with Crippen molar-refractivity contribution in [3.8, 4) is 0 Å². The second kappa shape index (κ2) is 6.01. The van der Waals surface area contributed by atoms with E-state index in [1.165, 1.54) is 0 Å². The van der Waals surface area contributed by atoms with E-state index < -0.39 is 15.2 Å². The molecule has 1 saturated heterocycles. The van der Waals surface area contributed by atoms with Crippen LogP contribution in [0.5, 0.6) is 0 Å². The molecular weight excluding hydrogens is 296 g/mol. The molecule has 1 unspecified atom stereocenters. The Morgan fingerprint density at radius 1 is 1.65 bits per heavy atom. The van der Waals surface area contributed by atoms with Crippen molar-refractivity contribution in [2.45, 2.75) is 12.3 Å². The number of nitrogen functional groups attached to an aromatic ring is 1. The van der Waals surface area contributed by atoms with Gasteiger partial charge in [-0.15, -0.1) is 0 Å². The molecule has 0 aliphatic carbocycles. The first kappa shape index (κ1) is 15.1. The van der Waals surface area contributed by atoms with Gasteiger partial charge in [-0.25, -0.2) is 8.42 Å². The lowest BCUT2D eigenvalue weighted by Gasteiger charge is -2.36. The summed E-state index contributed by atoms with van der Waals surface area (Å²) in [6.45, 7) is 2.33. The molecule has 2 rings (SSSR count). The molecular formula is C12H18N4O2S2. The van der Waals surface area contributed by atoms with Crippen molar-refractivity contribution in [3.63, 3.8) is 0 Å². The smallest absolute Gasteiger partial charge is 0.171 e. The lowest BCUT2D eigenvalue weighted by molar-refractivity contribution is 0.579. The van der Waals surface area contributed by atoms with Crippen molar-refractivity contribution in [1.82, 2.24) is 4.98 Å². The molecule has 0 amide bonds. The average Bonchev–Trinajstić information content (AvgIpc) is 2.47. The molecule has 0 saturated carbocycles. The zero-order valence-corrected chi connectivity index (χ0v) is 12.9. The molecule has 1 aromatic heterocycles. The van der Waals surface area contributed by atoms with Crippen LogP contribution in [0.1, 0.15) is 12.6 Å². The van der Waals surface area contributed by atoms with E-state index in [0.717, 1.165) is 11.4 Å². The van der Waals surface area contributed by atoms with Gasteiger partial charge in [0.05, 0.1) is 0 Å². The van der Waals surface area contributed by atoms with Gasteiger partial charge in [-0.1, -0.05) is 6.92 Å². The Morgan fingerprint density at radius 3 is 3.05 bits per heavy atom. The van der Waals surface area contributed by atoms with Crippen LogP contribution in [0, 0.1) is 5.41 Å². The minimum absolute atomic E-state index is 0.117. The highest BCUT2D eigenvalue weighted by Gasteiger charge is 2.33. The van der Waals surface area contributed by atoms with Gasteiger partial charge in [0.2, 0.25) is 0 Å². The van der Waals surface area contributed by atoms with E-state index in [-0.39, 0.29) is 11.6 Å². The van der Waals surface area contributed by atoms with Gasteiger partial charge in [-0.05, 0) is 12.1 Å². The van der Waals surface area contributed by atoms with E-state index in [1.807, 2.05) is 4.90 Å². The molecule has 0 radical (unpaired) electrons. The number of amidine groups is 1. The Hall–Kier alpha value is -1.28. The zero-order chi connectivity index (χ0) is 14.8. The van der Waals surface area contributed by atoms with Gasteiger partial charge in [0.1, 0.15) is 16.9 Å². The minimum Gasteiger partial charge on any atom is -0.382 e. The molecule has 1 aromatic rings. The van der Waals surface area contributed by atoms with Crippen LogP contribution >= 0.6 is 11.8 Å². The van der Waals surface area contributed by atoms with Gasteiger partial charge >= 0.3 is 0 Å². The number of aromatic nitrogens is 1. The van der Waals surface area contributed by atoms with Crippen molar-refractivity contribution < 1.29 is 8.42 Å². The van der Waals surface area contributed by atoms with E-state index in [0.29, 0.717) is 18.0 Å². The summed E-state index contributed by atoms with van der Waals surface area (Å²) in [4.78, 5) is 5.89. The second-order valence-electron chi connectivity index (χ2n) is 4.49. The van der Waals surface area contributed by atoms with Crippen LogP contribution in [0.25, 0.3) is 0 Å². The predicted octanol–water partition coefficient (Wildman–Crippen LogP) is 0.680. The van der Waals surface area contributed by atoms with Gasteiger partial charge in [0, 0.05) is 35.7 Å². The van der Waals surface area contributed by atoms with E-state index in [2.05, 4.69) is 4.98 Å². The molecule has 6 nitrogen and oxygen atoms in total. The number of rotatable bonds is 4. The van der Waals surface area contributed by atoms with E-state index in [4.69, 9.17) is 11.1 Å². The first-order valence-corrected chi connectivity index (χ1v) is 9.19. The summed E-state index contributed by atoms with van der Waals surface area (Å²) in [5.41, 5.74) is 6.56.